The average molecular weight is 200 g/mol. The van der Waals surface area contributed by atoms with E-state index in [1.165, 1.54) is 32.1 Å². The summed E-state index contributed by atoms with van der Waals surface area (Å²) in [5.41, 5.74) is 0. The zero-order chi connectivity index (χ0) is 9.97. The lowest BCUT2D eigenvalue weighted by Crippen LogP contribution is -2.25. The van der Waals surface area contributed by atoms with Crippen molar-refractivity contribution in [2.45, 2.75) is 56.8 Å². The predicted molar refractivity (Wildman–Crippen MR) is 52.9 cm³/mol. The Morgan fingerprint density at radius 3 is 2.43 bits per heavy atom. The van der Waals surface area contributed by atoms with Crippen LogP contribution in [0, 0.1) is 5.92 Å². The molecule has 1 saturated carbocycles. The molecule has 3 nitrogen and oxygen atoms in total. The molecule has 2 rings (SSSR count). The fourth-order valence-electron chi connectivity index (χ4n) is 2.73. The fourth-order valence-corrected chi connectivity index (χ4v) is 2.73. The van der Waals surface area contributed by atoms with Crippen molar-refractivity contribution < 1.29 is 14.9 Å². The number of hydrogen-bond donors (Lipinski definition) is 2. The van der Waals surface area contributed by atoms with Gasteiger partial charge in [0.05, 0.1) is 18.8 Å². The lowest BCUT2D eigenvalue weighted by molar-refractivity contribution is -0.0428. The van der Waals surface area contributed by atoms with Gasteiger partial charge >= 0.3 is 0 Å². The van der Waals surface area contributed by atoms with Crippen LogP contribution in [0.15, 0.2) is 0 Å². The van der Waals surface area contributed by atoms with Gasteiger partial charge in [0.1, 0.15) is 6.10 Å². The van der Waals surface area contributed by atoms with Crippen molar-refractivity contribution in [3.8, 4) is 0 Å². The maximum atomic E-state index is 9.61. The summed E-state index contributed by atoms with van der Waals surface area (Å²) in [6.45, 7) is -0.0512. The molecule has 2 aliphatic rings. The monoisotopic (exact) mass is 200 g/mol. The molecular formula is C11H20O3. The van der Waals surface area contributed by atoms with Crippen molar-refractivity contribution in [1.29, 1.82) is 0 Å². The zero-order valence-corrected chi connectivity index (χ0v) is 8.56. The minimum absolute atomic E-state index is 0.0512. The summed E-state index contributed by atoms with van der Waals surface area (Å²) in [6.07, 6.45) is 6.53. The highest BCUT2D eigenvalue weighted by Crippen LogP contribution is 2.34. The van der Waals surface area contributed by atoms with Gasteiger partial charge in [0.2, 0.25) is 0 Å². The molecule has 0 amide bonds. The van der Waals surface area contributed by atoms with E-state index in [-0.39, 0.29) is 18.8 Å². The van der Waals surface area contributed by atoms with E-state index in [0.717, 1.165) is 6.42 Å². The van der Waals surface area contributed by atoms with Crippen LogP contribution in [-0.2, 0) is 4.74 Å². The summed E-state index contributed by atoms with van der Waals surface area (Å²) in [5.74, 6) is 0.620. The number of aliphatic hydroxyl groups is 2. The first-order chi connectivity index (χ1) is 6.81. The third-order valence-corrected chi connectivity index (χ3v) is 3.61. The average Bonchev–Trinajstić information content (AvgIpc) is 2.61. The molecule has 2 fully saturated rings. The van der Waals surface area contributed by atoms with Gasteiger partial charge in [0, 0.05) is 6.42 Å². The molecule has 3 heteroatoms. The Kier molecular flexibility index (Phi) is 3.42. The highest BCUT2D eigenvalue weighted by molar-refractivity contribution is 4.86. The van der Waals surface area contributed by atoms with E-state index >= 15 is 0 Å². The summed E-state index contributed by atoms with van der Waals surface area (Å²) in [5, 5.41) is 18.6. The van der Waals surface area contributed by atoms with E-state index in [4.69, 9.17) is 9.84 Å². The molecule has 2 unspecified atom stereocenters. The summed E-state index contributed by atoms with van der Waals surface area (Å²) in [7, 11) is 0. The Bertz CT molecular complexity index is 177. The largest absolute Gasteiger partial charge is 0.394 e. The normalized spacial score (nSPS) is 40.3. The quantitative estimate of drug-likeness (QED) is 0.701. The van der Waals surface area contributed by atoms with Crippen molar-refractivity contribution in [2.24, 2.45) is 5.92 Å². The van der Waals surface area contributed by atoms with Crippen LogP contribution in [0.2, 0.25) is 0 Å². The maximum absolute atomic E-state index is 9.61. The Hall–Kier alpha value is -0.120. The van der Waals surface area contributed by atoms with E-state index in [0.29, 0.717) is 5.92 Å². The molecule has 1 aliphatic heterocycles. The second kappa shape index (κ2) is 4.60. The number of hydrogen-bond acceptors (Lipinski definition) is 3. The van der Waals surface area contributed by atoms with Crippen LogP contribution in [0.4, 0.5) is 0 Å². The molecule has 3 atom stereocenters. The van der Waals surface area contributed by atoms with Crippen LogP contribution < -0.4 is 0 Å². The van der Waals surface area contributed by atoms with Gasteiger partial charge in [-0.2, -0.15) is 0 Å². The Balaban J connectivity index is 1.86. The fraction of sp³-hybridized carbons (Fsp3) is 1.00. The molecule has 1 saturated heterocycles. The molecule has 1 aliphatic carbocycles. The van der Waals surface area contributed by atoms with Crippen LogP contribution in [0.3, 0.4) is 0 Å². The van der Waals surface area contributed by atoms with Crippen molar-refractivity contribution >= 4 is 0 Å². The molecule has 2 N–H and O–H groups in total. The first-order valence-electron chi connectivity index (χ1n) is 5.75. The van der Waals surface area contributed by atoms with Crippen molar-refractivity contribution in [3.63, 3.8) is 0 Å². The maximum Gasteiger partial charge on any atom is 0.107 e. The summed E-state index contributed by atoms with van der Waals surface area (Å²) in [4.78, 5) is 0. The Labute approximate surface area is 85.1 Å². The number of aliphatic hydroxyl groups excluding tert-OH is 2. The number of rotatable bonds is 2. The van der Waals surface area contributed by atoms with E-state index < -0.39 is 6.10 Å². The van der Waals surface area contributed by atoms with Crippen molar-refractivity contribution in [3.05, 3.63) is 0 Å². The summed E-state index contributed by atoms with van der Waals surface area (Å²) in [6, 6.07) is 0. The molecule has 0 bridgehead atoms. The van der Waals surface area contributed by atoms with Crippen LogP contribution in [0.5, 0.6) is 0 Å². The minimum atomic E-state index is -0.452. The first-order valence-corrected chi connectivity index (χ1v) is 5.75. The van der Waals surface area contributed by atoms with Crippen molar-refractivity contribution in [2.75, 3.05) is 6.61 Å². The molecule has 0 aromatic heterocycles. The van der Waals surface area contributed by atoms with Gasteiger partial charge in [-0.15, -0.1) is 0 Å². The smallest absolute Gasteiger partial charge is 0.107 e. The Morgan fingerprint density at radius 1 is 1.14 bits per heavy atom. The molecule has 0 aromatic carbocycles. The van der Waals surface area contributed by atoms with Crippen LogP contribution in [0.25, 0.3) is 0 Å². The number of ether oxygens (including phenoxy) is 1. The molecule has 0 aromatic rings. The third-order valence-electron chi connectivity index (χ3n) is 3.61. The molecule has 14 heavy (non-hydrogen) atoms. The van der Waals surface area contributed by atoms with Gasteiger partial charge in [-0.3, -0.25) is 0 Å². The molecule has 0 radical (unpaired) electrons. The van der Waals surface area contributed by atoms with Gasteiger partial charge in [-0.1, -0.05) is 19.3 Å². The van der Waals surface area contributed by atoms with Gasteiger partial charge in [-0.25, -0.2) is 0 Å². The van der Waals surface area contributed by atoms with Gasteiger partial charge in [0.15, 0.2) is 0 Å². The van der Waals surface area contributed by atoms with Gasteiger partial charge < -0.3 is 14.9 Å². The summed E-state index contributed by atoms with van der Waals surface area (Å²) >= 11 is 0. The Morgan fingerprint density at radius 2 is 1.86 bits per heavy atom. The van der Waals surface area contributed by atoms with E-state index in [1.807, 2.05) is 0 Å². The highest BCUT2D eigenvalue weighted by atomic mass is 16.5. The zero-order valence-electron chi connectivity index (χ0n) is 8.56. The van der Waals surface area contributed by atoms with E-state index in [2.05, 4.69) is 0 Å². The molecule has 0 spiro atoms. The highest BCUT2D eigenvalue weighted by Gasteiger charge is 2.37. The third kappa shape index (κ3) is 2.10. The second-order valence-electron chi connectivity index (χ2n) is 4.60. The van der Waals surface area contributed by atoms with Crippen LogP contribution >= 0.6 is 0 Å². The van der Waals surface area contributed by atoms with Crippen molar-refractivity contribution in [1.82, 2.24) is 0 Å². The SMILES string of the molecule is OC[C@H]1OC(C2CCCCC2)CC1O. The molecular weight excluding hydrogens is 180 g/mol. The van der Waals surface area contributed by atoms with Crippen LogP contribution in [0.1, 0.15) is 38.5 Å². The standard InChI is InChI=1S/C11H20O3/c12-7-11-9(13)6-10(14-11)8-4-2-1-3-5-8/h8-13H,1-7H2/t9?,10?,11-/m1/s1. The van der Waals surface area contributed by atoms with Crippen LogP contribution in [-0.4, -0.2) is 35.1 Å². The lowest BCUT2D eigenvalue weighted by Gasteiger charge is -2.26. The van der Waals surface area contributed by atoms with E-state index in [1.54, 1.807) is 0 Å². The second-order valence-corrected chi connectivity index (χ2v) is 4.60. The van der Waals surface area contributed by atoms with E-state index in [9.17, 15) is 5.11 Å². The minimum Gasteiger partial charge on any atom is -0.394 e. The van der Waals surface area contributed by atoms with Gasteiger partial charge in [-0.05, 0) is 18.8 Å². The van der Waals surface area contributed by atoms with Gasteiger partial charge in [0.25, 0.3) is 0 Å². The molecule has 82 valence electrons. The lowest BCUT2D eigenvalue weighted by atomic mass is 9.84. The summed E-state index contributed by atoms with van der Waals surface area (Å²) < 4.78 is 5.66. The molecule has 1 heterocycles. The predicted octanol–water partition coefficient (Wildman–Crippen LogP) is 1.08. The topological polar surface area (TPSA) is 49.7 Å². The first kappa shape index (κ1) is 10.4.